The Morgan fingerprint density at radius 2 is 1.96 bits per heavy atom. The molecule has 0 amide bonds. The lowest BCUT2D eigenvalue weighted by atomic mass is 10.0. The number of rotatable bonds is 8. The number of carboxylic acid groups (broad SMARTS) is 1. The van der Waals surface area contributed by atoms with Gasteiger partial charge in [0.15, 0.2) is 5.34 Å². The van der Waals surface area contributed by atoms with Gasteiger partial charge in [-0.1, -0.05) is 32.3 Å². The van der Waals surface area contributed by atoms with Crippen molar-refractivity contribution in [3.63, 3.8) is 0 Å². The third-order valence-corrected chi connectivity index (χ3v) is 3.70. The standard InChI is InChI=1S/C9H11NO2.C8H17NO2/c1-5-3-4-7(9(11)12)8(10)6(5)2;1-3-4-5-6-7-8(2)11-9-10/h3-4H,10H2,1-2H3,(H,11,12);8H,3-7H2,1-2H3. The summed E-state index contributed by atoms with van der Waals surface area (Å²) in [6.45, 7) is 7.76. The van der Waals surface area contributed by atoms with Gasteiger partial charge in [-0.05, 0) is 50.8 Å². The van der Waals surface area contributed by atoms with Crippen molar-refractivity contribution in [3.05, 3.63) is 33.7 Å². The maximum absolute atomic E-state index is 10.6. The largest absolute Gasteiger partial charge is 0.478 e. The molecule has 130 valence electrons. The van der Waals surface area contributed by atoms with Gasteiger partial charge >= 0.3 is 5.97 Å². The van der Waals surface area contributed by atoms with Crippen molar-refractivity contribution in [2.45, 2.75) is 65.9 Å². The van der Waals surface area contributed by atoms with E-state index in [1.165, 1.54) is 25.3 Å². The topological polar surface area (TPSA) is 102 Å². The summed E-state index contributed by atoms with van der Waals surface area (Å²) in [4.78, 5) is 24.7. The molecule has 1 atom stereocenters. The van der Waals surface area contributed by atoms with Gasteiger partial charge in [-0.3, -0.25) is 0 Å². The molecule has 0 heterocycles. The van der Waals surface area contributed by atoms with Crippen molar-refractivity contribution in [2.75, 3.05) is 5.73 Å². The van der Waals surface area contributed by atoms with Crippen LogP contribution in [0.15, 0.2) is 17.5 Å². The Kier molecular flexibility index (Phi) is 10.4. The number of nitrogens with two attached hydrogens (primary N) is 1. The first-order chi connectivity index (χ1) is 10.8. The lowest BCUT2D eigenvalue weighted by molar-refractivity contribution is 0.0607. The van der Waals surface area contributed by atoms with Crippen LogP contribution >= 0.6 is 0 Å². The van der Waals surface area contributed by atoms with Gasteiger partial charge in [0.2, 0.25) is 0 Å². The number of aryl methyl sites for hydroxylation is 1. The van der Waals surface area contributed by atoms with Crippen LogP contribution in [0, 0.1) is 18.8 Å². The molecule has 0 aliphatic carbocycles. The van der Waals surface area contributed by atoms with Crippen LogP contribution in [0.3, 0.4) is 0 Å². The average Bonchev–Trinajstić information content (AvgIpc) is 2.50. The number of aromatic carboxylic acids is 1. The Labute approximate surface area is 138 Å². The highest BCUT2D eigenvalue weighted by Crippen LogP contribution is 2.20. The molecular weight excluding hydrogens is 296 g/mol. The molecule has 1 aromatic carbocycles. The van der Waals surface area contributed by atoms with Crippen molar-refractivity contribution in [3.8, 4) is 0 Å². The zero-order valence-electron chi connectivity index (χ0n) is 14.5. The van der Waals surface area contributed by atoms with Gasteiger partial charge < -0.3 is 15.7 Å². The summed E-state index contributed by atoms with van der Waals surface area (Å²) < 4.78 is 0. The first-order valence-corrected chi connectivity index (χ1v) is 7.92. The van der Waals surface area contributed by atoms with Crippen LogP contribution in [-0.2, 0) is 4.84 Å². The second-order valence-electron chi connectivity index (χ2n) is 5.61. The second kappa shape index (κ2) is 11.5. The second-order valence-corrected chi connectivity index (χ2v) is 5.61. The molecule has 0 saturated heterocycles. The summed E-state index contributed by atoms with van der Waals surface area (Å²) in [5.74, 6) is -0.976. The normalized spacial score (nSPS) is 11.1. The number of unbranched alkanes of at least 4 members (excludes halogenated alkanes) is 3. The van der Waals surface area contributed by atoms with E-state index in [2.05, 4.69) is 17.1 Å². The molecule has 0 radical (unpaired) electrons. The molecule has 1 unspecified atom stereocenters. The highest BCUT2D eigenvalue weighted by atomic mass is 16.7. The predicted molar refractivity (Wildman–Crippen MR) is 92.4 cm³/mol. The highest BCUT2D eigenvalue weighted by Gasteiger charge is 2.09. The molecule has 0 saturated carbocycles. The van der Waals surface area contributed by atoms with E-state index >= 15 is 0 Å². The zero-order chi connectivity index (χ0) is 17.8. The molecule has 3 N–H and O–H groups in total. The maximum Gasteiger partial charge on any atom is 0.337 e. The Bertz CT molecular complexity index is 504. The van der Waals surface area contributed by atoms with Crippen molar-refractivity contribution in [1.29, 1.82) is 0 Å². The number of nitrogen functional groups attached to an aromatic ring is 1. The first-order valence-electron chi connectivity index (χ1n) is 7.92. The minimum absolute atomic E-state index is 0.00986. The van der Waals surface area contributed by atoms with Gasteiger partial charge in [0.05, 0.1) is 5.56 Å². The monoisotopic (exact) mass is 324 g/mol. The number of hydrogen-bond acceptors (Lipinski definition) is 5. The number of anilines is 1. The molecule has 1 rings (SSSR count). The molecule has 1 aromatic rings. The van der Waals surface area contributed by atoms with E-state index in [4.69, 9.17) is 10.8 Å². The van der Waals surface area contributed by atoms with Gasteiger partial charge in [-0.25, -0.2) is 4.79 Å². The smallest absolute Gasteiger partial charge is 0.337 e. The molecule has 23 heavy (non-hydrogen) atoms. The van der Waals surface area contributed by atoms with Gasteiger partial charge in [-0.2, -0.15) is 0 Å². The van der Waals surface area contributed by atoms with E-state index < -0.39 is 5.97 Å². The minimum Gasteiger partial charge on any atom is -0.478 e. The molecule has 0 aliphatic heterocycles. The van der Waals surface area contributed by atoms with E-state index in [1.54, 1.807) is 6.07 Å². The highest BCUT2D eigenvalue weighted by molar-refractivity contribution is 5.94. The predicted octanol–water partition coefficient (Wildman–Crippen LogP) is 4.63. The third kappa shape index (κ3) is 8.18. The minimum atomic E-state index is -0.976. The molecule has 0 aromatic heterocycles. The Hall–Kier alpha value is -2.11. The first kappa shape index (κ1) is 20.9. The van der Waals surface area contributed by atoms with Crippen LogP contribution in [0.5, 0.6) is 0 Å². The van der Waals surface area contributed by atoms with Crippen LogP contribution in [0.4, 0.5) is 5.69 Å². The van der Waals surface area contributed by atoms with E-state index in [0.717, 1.165) is 24.0 Å². The van der Waals surface area contributed by atoms with Crippen LogP contribution in [0.2, 0.25) is 0 Å². The van der Waals surface area contributed by atoms with Gasteiger partial charge in [0, 0.05) is 5.69 Å². The molecule has 0 spiro atoms. The van der Waals surface area contributed by atoms with Crippen LogP contribution in [0.1, 0.15) is 67.4 Å². The SMILES string of the molecule is CCCCCCC(C)ON=O.Cc1ccc(C(=O)O)c(N)c1C. The summed E-state index contributed by atoms with van der Waals surface area (Å²) in [5.41, 5.74) is 8.00. The molecular formula is C17H28N2O4. The van der Waals surface area contributed by atoms with E-state index in [9.17, 15) is 9.70 Å². The van der Waals surface area contributed by atoms with Gasteiger partial charge in [0.1, 0.15) is 6.10 Å². The Morgan fingerprint density at radius 1 is 1.30 bits per heavy atom. The molecule has 6 heteroatoms. The van der Waals surface area contributed by atoms with E-state index in [0.29, 0.717) is 5.69 Å². The fourth-order valence-corrected chi connectivity index (χ4v) is 2.01. The number of benzene rings is 1. The molecule has 0 fully saturated rings. The number of carbonyl (C=O) groups is 1. The fraction of sp³-hybridized carbons (Fsp3) is 0.588. The van der Waals surface area contributed by atoms with Gasteiger partial charge in [-0.15, -0.1) is 4.91 Å². The molecule has 0 bridgehead atoms. The Morgan fingerprint density at radius 3 is 2.48 bits per heavy atom. The summed E-state index contributed by atoms with van der Waals surface area (Å²) in [6, 6.07) is 3.29. The van der Waals surface area contributed by atoms with Crippen molar-refractivity contribution >= 4 is 11.7 Å². The van der Waals surface area contributed by atoms with E-state index in [-0.39, 0.29) is 11.7 Å². The fourth-order valence-electron chi connectivity index (χ4n) is 2.01. The molecule has 0 aliphatic rings. The van der Waals surface area contributed by atoms with Crippen molar-refractivity contribution in [1.82, 2.24) is 0 Å². The number of hydrogen-bond donors (Lipinski definition) is 2. The Balaban J connectivity index is 0.000000423. The number of nitrogens with zero attached hydrogens (tertiary/aromatic N) is 1. The average molecular weight is 324 g/mol. The number of carboxylic acids is 1. The van der Waals surface area contributed by atoms with Gasteiger partial charge in [0.25, 0.3) is 0 Å². The summed E-state index contributed by atoms with van der Waals surface area (Å²) in [5, 5.41) is 11.1. The van der Waals surface area contributed by atoms with Crippen LogP contribution in [-0.4, -0.2) is 17.2 Å². The van der Waals surface area contributed by atoms with Crippen molar-refractivity contribution < 1.29 is 14.7 Å². The summed E-state index contributed by atoms with van der Waals surface area (Å²) in [6.07, 6.45) is 5.78. The van der Waals surface area contributed by atoms with Crippen LogP contribution in [0.25, 0.3) is 0 Å². The zero-order valence-corrected chi connectivity index (χ0v) is 14.5. The maximum atomic E-state index is 10.6. The quantitative estimate of drug-likeness (QED) is 0.314. The lowest BCUT2D eigenvalue weighted by Crippen LogP contribution is -2.04. The third-order valence-electron chi connectivity index (χ3n) is 3.70. The van der Waals surface area contributed by atoms with E-state index in [1.807, 2.05) is 20.8 Å². The van der Waals surface area contributed by atoms with Crippen LogP contribution < -0.4 is 5.73 Å². The summed E-state index contributed by atoms with van der Waals surface area (Å²) >= 11 is 0. The summed E-state index contributed by atoms with van der Waals surface area (Å²) in [7, 11) is 0. The van der Waals surface area contributed by atoms with Crippen molar-refractivity contribution in [2.24, 2.45) is 5.34 Å². The lowest BCUT2D eigenvalue weighted by Gasteiger charge is -2.06. The molecule has 6 nitrogen and oxygen atoms in total.